The average Bonchev–Trinajstić information content (AvgIpc) is 2.71. The average molecular weight is 247 g/mol. The molecule has 0 amide bonds. The van der Waals surface area contributed by atoms with E-state index in [0.29, 0.717) is 11.5 Å². The summed E-state index contributed by atoms with van der Waals surface area (Å²) in [7, 11) is 0. The Kier molecular flexibility index (Phi) is 2.22. The zero-order valence-corrected chi connectivity index (χ0v) is 10.7. The number of aromatic nitrogens is 3. The molecule has 5 heteroatoms. The molecule has 0 atom stereocenters. The van der Waals surface area contributed by atoms with Crippen LogP contribution in [0.2, 0.25) is 0 Å². The van der Waals surface area contributed by atoms with Gasteiger partial charge in [0.05, 0.1) is 6.54 Å². The minimum absolute atomic E-state index is 0.345. The topological polar surface area (TPSA) is 79.6 Å². The fourth-order valence-corrected chi connectivity index (χ4v) is 4.99. The number of nitrogen functional groups attached to an aromatic ring is 1. The predicted molar refractivity (Wildman–Crippen MR) is 68.5 cm³/mol. The third-order valence-corrected chi connectivity index (χ3v) is 5.22. The summed E-state index contributed by atoms with van der Waals surface area (Å²) in [6.07, 6.45) is 8.54. The van der Waals surface area contributed by atoms with Gasteiger partial charge in [-0.1, -0.05) is 0 Å². The van der Waals surface area contributed by atoms with E-state index in [1.807, 2.05) is 0 Å². The number of hydrogen-bond acceptors (Lipinski definition) is 4. The van der Waals surface area contributed by atoms with E-state index in [-0.39, 0.29) is 0 Å². The summed E-state index contributed by atoms with van der Waals surface area (Å²) >= 11 is 0. The van der Waals surface area contributed by atoms with E-state index in [2.05, 4.69) is 20.5 Å². The van der Waals surface area contributed by atoms with E-state index in [4.69, 9.17) is 5.73 Å². The molecule has 4 fully saturated rings. The number of nitrogens with one attached hydrogen (secondary N) is 2. The molecule has 98 valence electrons. The van der Waals surface area contributed by atoms with Gasteiger partial charge in [-0.25, -0.2) is 0 Å². The van der Waals surface area contributed by atoms with Crippen molar-refractivity contribution in [2.75, 3.05) is 5.73 Å². The van der Waals surface area contributed by atoms with Crippen molar-refractivity contribution >= 4 is 5.95 Å². The van der Waals surface area contributed by atoms with E-state index in [9.17, 15) is 0 Å². The van der Waals surface area contributed by atoms with Crippen LogP contribution in [0.25, 0.3) is 0 Å². The van der Waals surface area contributed by atoms with Crippen molar-refractivity contribution in [1.82, 2.24) is 20.5 Å². The molecule has 0 aliphatic heterocycles. The van der Waals surface area contributed by atoms with Crippen molar-refractivity contribution in [2.24, 2.45) is 17.8 Å². The van der Waals surface area contributed by atoms with Crippen molar-refractivity contribution in [3.63, 3.8) is 0 Å². The third kappa shape index (κ3) is 1.72. The molecule has 0 radical (unpaired) electrons. The van der Waals surface area contributed by atoms with Crippen molar-refractivity contribution in [3.05, 3.63) is 5.82 Å². The molecular weight excluding hydrogens is 226 g/mol. The smallest absolute Gasteiger partial charge is 0.239 e. The normalized spacial score (nSPS) is 41.4. The van der Waals surface area contributed by atoms with E-state index in [1.54, 1.807) is 0 Å². The minimum atomic E-state index is 0.345. The second kappa shape index (κ2) is 3.70. The van der Waals surface area contributed by atoms with Gasteiger partial charge in [0.1, 0.15) is 5.82 Å². The van der Waals surface area contributed by atoms with Crippen LogP contribution >= 0.6 is 0 Å². The maximum Gasteiger partial charge on any atom is 0.239 e. The van der Waals surface area contributed by atoms with E-state index in [1.165, 1.54) is 38.5 Å². The first-order valence-electron chi connectivity index (χ1n) is 7.13. The first-order valence-corrected chi connectivity index (χ1v) is 7.13. The van der Waals surface area contributed by atoms with E-state index < -0.39 is 0 Å². The predicted octanol–water partition coefficient (Wildman–Crippen LogP) is 1.45. The molecular formula is C13H21N5. The number of hydrogen-bond donors (Lipinski definition) is 3. The number of H-pyrrole nitrogens is 1. The Bertz CT molecular complexity index is 417. The maximum atomic E-state index is 5.53. The molecule has 4 aliphatic carbocycles. The van der Waals surface area contributed by atoms with Crippen LogP contribution in [0, 0.1) is 17.8 Å². The van der Waals surface area contributed by atoms with E-state index >= 15 is 0 Å². The molecule has 4 bridgehead atoms. The van der Waals surface area contributed by atoms with Crippen LogP contribution in [0.1, 0.15) is 44.3 Å². The molecule has 1 aromatic heterocycles. The molecule has 5 nitrogen and oxygen atoms in total. The highest BCUT2D eigenvalue weighted by molar-refractivity contribution is 5.13. The molecule has 0 saturated heterocycles. The molecule has 0 unspecified atom stereocenters. The van der Waals surface area contributed by atoms with E-state index in [0.717, 1.165) is 30.1 Å². The standard InChI is InChI=1S/C13H21N5/c14-12-16-11(17-18-12)7-15-13-4-8-1-9(5-13)3-10(2-8)6-13/h8-10,15H,1-7H2,(H3,14,16,17,18). The Balaban J connectivity index is 1.47. The summed E-state index contributed by atoms with van der Waals surface area (Å²) in [5.41, 5.74) is 5.92. The Hall–Kier alpha value is -1.10. The fourth-order valence-electron chi connectivity index (χ4n) is 4.99. The molecule has 4 aliphatic rings. The molecule has 1 heterocycles. The summed E-state index contributed by atoms with van der Waals surface area (Å²) in [6, 6.07) is 0. The molecule has 5 rings (SSSR count). The summed E-state index contributed by atoms with van der Waals surface area (Å²) in [5, 5.41) is 10.5. The highest BCUT2D eigenvalue weighted by Gasteiger charge is 2.50. The van der Waals surface area contributed by atoms with Crippen LogP contribution < -0.4 is 11.1 Å². The van der Waals surface area contributed by atoms with Crippen LogP contribution in [-0.2, 0) is 6.54 Å². The first-order chi connectivity index (χ1) is 8.71. The number of anilines is 1. The second-order valence-corrected chi connectivity index (χ2v) is 6.69. The minimum Gasteiger partial charge on any atom is -0.367 e. The van der Waals surface area contributed by atoms with Crippen molar-refractivity contribution < 1.29 is 0 Å². The van der Waals surface area contributed by atoms with Crippen molar-refractivity contribution in [1.29, 1.82) is 0 Å². The monoisotopic (exact) mass is 247 g/mol. The Morgan fingerprint density at radius 1 is 1.17 bits per heavy atom. The summed E-state index contributed by atoms with van der Waals surface area (Å²) in [4.78, 5) is 4.18. The Labute approximate surface area is 107 Å². The van der Waals surface area contributed by atoms with Gasteiger partial charge in [0.15, 0.2) is 0 Å². The van der Waals surface area contributed by atoms with Gasteiger partial charge in [-0.3, -0.25) is 5.10 Å². The van der Waals surface area contributed by atoms with Gasteiger partial charge in [-0.05, 0) is 56.3 Å². The molecule has 18 heavy (non-hydrogen) atoms. The van der Waals surface area contributed by atoms with Crippen LogP contribution in [0.15, 0.2) is 0 Å². The Morgan fingerprint density at radius 3 is 2.28 bits per heavy atom. The lowest BCUT2D eigenvalue weighted by Gasteiger charge is -2.57. The second-order valence-electron chi connectivity index (χ2n) is 6.69. The summed E-state index contributed by atoms with van der Waals surface area (Å²) in [5.74, 6) is 4.14. The molecule has 0 spiro atoms. The zero-order chi connectivity index (χ0) is 12.2. The first kappa shape index (κ1) is 10.8. The lowest BCUT2D eigenvalue weighted by atomic mass is 9.53. The van der Waals surface area contributed by atoms with Gasteiger partial charge in [0.25, 0.3) is 0 Å². The lowest BCUT2D eigenvalue weighted by molar-refractivity contribution is -0.0208. The van der Waals surface area contributed by atoms with Crippen LogP contribution in [-0.4, -0.2) is 20.7 Å². The molecule has 1 aromatic rings. The highest BCUT2D eigenvalue weighted by atomic mass is 15.3. The lowest BCUT2D eigenvalue weighted by Crippen LogP contribution is -2.58. The number of aromatic amines is 1. The summed E-state index contributed by atoms with van der Waals surface area (Å²) < 4.78 is 0. The molecule has 0 aromatic carbocycles. The van der Waals surface area contributed by atoms with Gasteiger partial charge in [-0.15, -0.1) is 5.10 Å². The highest BCUT2D eigenvalue weighted by Crippen LogP contribution is 2.55. The fraction of sp³-hybridized carbons (Fsp3) is 0.846. The van der Waals surface area contributed by atoms with Crippen LogP contribution in [0.3, 0.4) is 0 Å². The van der Waals surface area contributed by atoms with Gasteiger partial charge >= 0.3 is 0 Å². The van der Waals surface area contributed by atoms with Gasteiger partial charge < -0.3 is 11.1 Å². The molecule has 4 N–H and O–H groups in total. The third-order valence-electron chi connectivity index (χ3n) is 5.22. The van der Waals surface area contributed by atoms with Crippen molar-refractivity contribution in [3.8, 4) is 0 Å². The van der Waals surface area contributed by atoms with Crippen molar-refractivity contribution in [2.45, 2.75) is 50.6 Å². The summed E-state index contributed by atoms with van der Waals surface area (Å²) in [6.45, 7) is 0.774. The van der Waals surface area contributed by atoms with Crippen LogP contribution in [0.4, 0.5) is 5.95 Å². The van der Waals surface area contributed by atoms with Gasteiger partial charge in [0.2, 0.25) is 5.95 Å². The number of rotatable bonds is 3. The van der Waals surface area contributed by atoms with Gasteiger partial charge in [0, 0.05) is 5.54 Å². The number of nitrogens with zero attached hydrogens (tertiary/aromatic N) is 2. The largest absolute Gasteiger partial charge is 0.367 e. The number of nitrogens with two attached hydrogens (primary N) is 1. The Morgan fingerprint density at radius 2 is 1.78 bits per heavy atom. The SMILES string of the molecule is Nc1n[nH]c(CNC23CC4CC(CC(C4)C2)C3)n1. The molecule has 4 saturated carbocycles. The quantitative estimate of drug-likeness (QED) is 0.755. The van der Waals surface area contributed by atoms with Crippen LogP contribution in [0.5, 0.6) is 0 Å². The zero-order valence-electron chi connectivity index (χ0n) is 10.7. The van der Waals surface area contributed by atoms with Gasteiger partial charge in [-0.2, -0.15) is 4.98 Å². The maximum absolute atomic E-state index is 5.53.